The summed E-state index contributed by atoms with van der Waals surface area (Å²) < 4.78 is 0. The molecule has 0 fully saturated rings. The molecule has 1 aromatic heterocycles. The highest BCUT2D eigenvalue weighted by Crippen LogP contribution is 2.26. The summed E-state index contributed by atoms with van der Waals surface area (Å²) in [7, 11) is 0. The second kappa shape index (κ2) is 10.6. The molecule has 2 amide bonds. The first-order valence-electron chi connectivity index (χ1n) is 9.35. The van der Waals surface area contributed by atoms with Crippen molar-refractivity contribution < 1.29 is 9.59 Å². The van der Waals surface area contributed by atoms with E-state index in [2.05, 4.69) is 15.6 Å². The largest absolute Gasteiger partial charge is 0.350 e. The third kappa shape index (κ3) is 6.58. The minimum atomic E-state index is -0.0747. The average Bonchev–Trinajstić information content (AvgIpc) is 3.17. The molecular weight excluding hydrogens is 438 g/mol. The number of thioether (sulfide) groups is 1. The van der Waals surface area contributed by atoms with E-state index in [1.807, 2.05) is 60.8 Å². The van der Waals surface area contributed by atoms with Crippen LogP contribution in [0.25, 0.3) is 11.3 Å². The quantitative estimate of drug-likeness (QED) is 0.464. The Labute approximate surface area is 189 Å². The van der Waals surface area contributed by atoms with Gasteiger partial charge in [-0.3, -0.25) is 9.59 Å². The van der Waals surface area contributed by atoms with Crippen LogP contribution in [0.1, 0.15) is 31.0 Å². The Morgan fingerprint density at radius 2 is 1.83 bits per heavy atom. The van der Waals surface area contributed by atoms with E-state index in [4.69, 9.17) is 11.6 Å². The molecule has 0 saturated carbocycles. The molecule has 0 aliphatic rings. The van der Waals surface area contributed by atoms with Crippen molar-refractivity contribution in [2.75, 3.05) is 11.1 Å². The van der Waals surface area contributed by atoms with Gasteiger partial charge in [0.2, 0.25) is 11.8 Å². The number of amides is 2. The van der Waals surface area contributed by atoms with Crippen LogP contribution in [0.4, 0.5) is 5.13 Å². The van der Waals surface area contributed by atoms with Gasteiger partial charge in [0, 0.05) is 28.6 Å². The van der Waals surface area contributed by atoms with Crippen LogP contribution in [0.15, 0.2) is 53.9 Å². The third-order valence-electron chi connectivity index (χ3n) is 4.29. The second-order valence-corrected chi connectivity index (χ2v) is 9.03. The molecule has 0 aliphatic heterocycles. The zero-order valence-electron chi connectivity index (χ0n) is 16.6. The maximum atomic E-state index is 12.2. The normalized spacial score (nSPS) is 11.7. The number of benzene rings is 2. The molecule has 5 nitrogen and oxygen atoms in total. The Kier molecular flexibility index (Phi) is 7.90. The van der Waals surface area contributed by atoms with E-state index in [9.17, 15) is 9.59 Å². The van der Waals surface area contributed by atoms with Crippen molar-refractivity contribution in [3.05, 3.63) is 70.1 Å². The second-order valence-electron chi connectivity index (χ2n) is 6.75. The Balaban J connectivity index is 1.51. The summed E-state index contributed by atoms with van der Waals surface area (Å²) >= 11 is 8.82. The van der Waals surface area contributed by atoms with Gasteiger partial charge in [0.25, 0.3) is 0 Å². The van der Waals surface area contributed by atoms with Crippen molar-refractivity contribution in [1.29, 1.82) is 0 Å². The Bertz CT molecular complexity index is 1000. The average molecular weight is 460 g/mol. The van der Waals surface area contributed by atoms with Crippen molar-refractivity contribution in [2.45, 2.75) is 25.6 Å². The zero-order chi connectivity index (χ0) is 21.5. The number of nitrogens with one attached hydrogen (secondary N) is 2. The molecule has 3 rings (SSSR count). The van der Waals surface area contributed by atoms with Gasteiger partial charge in [-0.25, -0.2) is 4.98 Å². The van der Waals surface area contributed by atoms with Crippen LogP contribution in [0.2, 0.25) is 5.02 Å². The zero-order valence-corrected chi connectivity index (χ0v) is 19.0. The highest BCUT2D eigenvalue weighted by Gasteiger charge is 2.10. The lowest BCUT2D eigenvalue weighted by Gasteiger charge is -2.13. The van der Waals surface area contributed by atoms with Crippen molar-refractivity contribution in [3.8, 4) is 11.3 Å². The van der Waals surface area contributed by atoms with Gasteiger partial charge in [0.1, 0.15) is 0 Å². The third-order valence-corrected chi connectivity index (χ3v) is 6.31. The van der Waals surface area contributed by atoms with Crippen molar-refractivity contribution >= 4 is 51.6 Å². The molecule has 0 aliphatic carbocycles. The fraction of sp³-hybridized carbons (Fsp3) is 0.227. The molecule has 1 heterocycles. The molecule has 156 valence electrons. The topological polar surface area (TPSA) is 71.1 Å². The van der Waals surface area contributed by atoms with E-state index in [1.165, 1.54) is 18.3 Å². The van der Waals surface area contributed by atoms with E-state index in [1.54, 1.807) is 11.8 Å². The van der Waals surface area contributed by atoms with Crippen LogP contribution in [-0.2, 0) is 15.3 Å². The number of carbonyl (C=O) groups is 2. The van der Waals surface area contributed by atoms with Gasteiger partial charge >= 0.3 is 0 Å². The summed E-state index contributed by atoms with van der Waals surface area (Å²) in [6.07, 6.45) is 0. The van der Waals surface area contributed by atoms with Gasteiger partial charge in [0.05, 0.1) is 17.5 Å². The van der Waals surface area contributed by atoms with E-state index >= 15 is 0 Å². The Morgan fingerprint density at radius 3 is 2.50 bits per heavy atom. The fourth-order valence-electron chi connectivity index (χ4n) is 2.79. The number of hydrogen-bond acceptors (Lipinski definition) is 5. The Morgan fingerprint density at radius 1 is 1.13 bits per heavy atom. The minimum Gasteiger partial charge on any atom is -0.350 e. The molecule has 8 heteroatoms. The molecule has 2 N–H and O–H groups in total. The summed E-state index contributed by atoms with van der Waals surface area (Å²) in [5.74, 6) is 0.969. The molecule has 3 aromatic rings. The van der Waals surface area contributed by atoms with Gasteiger partial charge in [-0.1, -0.05) is 48.0 Å². The van der Waals surface area contributed by atoms with E-state index in [-0.39, 0.29) is 17.9 Å². The molecule has 30 heavy (non-hydrogen) atoms. The summed E-state index contributed by atoms with van der Waals surface area (Å²) in [6, 6.07) is 15.5. The summed E-state index contributed by atoms with van der Waals surface area (Å²) in [4.78, 5) is 27.9. The van der Waals surface area contributed by atoms with Gasteiger partial charge in [-0.2, -0.15) is 0 Å². The SMILES string of the molecule is CC(=O)NC(C)c1ccc(-c2csc(NC(=O)CSCc3ccc(Cl)cc3)n2)cc1. The van der Waals surface area contributed by atoms with Crippen LogP contribution in [-0.4, -0.2) is 22.6 Å². The van der Waals surface area contributed by atoms with E-state index < -0.39 is 0 Å². The predicted octanol–water partition coefficient (Wildman–Crippen LogP) is 5.53. The first kappa shape index (κ1) is 22.3. The van der Waals surface area contributed by atoms with Gasteiger partial charge < -0.3 is 10.6 Å². The van der Waals surface area contributed by atoms with Gasteiger partial charge in [0.15, 0.2) is 5.13 Å². The maximum absolute atomic E-state index is 12.2. The predicted molar refractivity (Wildman–Crippen MR) is 126 cm³/mol. The van der Waals surface area contributed by atoms with Crippen molar-refractivity contribution in [1.82, 2.24) is 10.3 Å². The number of nitrogens with zero attached hydrogens (tertiary/aromatic N) is 1. The number of halogens is 1. The molecule has 0 bridgehead atoms. The Hall–Kier alpha value is -2.35. The summed E-state index contributed by atoms with van der Waals surface area (Å²) in [5.41, 5.74) is 3.92. The lowest BCUT2D eigenvalue weighted by atomic mass is 10.1. The number of rotatable bonds is 8. The molecule has 0 radical (unpaired) electrons. The maximum Gasteiger partial charge on any atom is 0.236 e. The monoisotopic (exact) mass is 459 g/mol. The minimum absolute atomic E-state index is 0.0489. The van der Waals surface area contributed by atoms with Gasteiger partial charge in [-0.15, -0.1) is 23.1 Å². The van der Waals surface area contributed by atoms with Crippen molar-refractivity contribution in [3.63, 3.8) is 0 Å². The number of hydrogen-bond donors (Lipinski definition) is 2. The number of carbonyl (C=O) groups excluding carboxylic acids is 2. The molecule has 1 atom stereocenters. The van der Waals surface area contributed by atoms with E-state index in [0.29, 0.717) is 15.9 Å². The molecule has 1 unspecified atom stereocenters. The van der Waals surface area contributed by atoms with Crippen LogP contribution in [0.5, 0.6) is 0 Å². The van der Waals surface area contributed by atoms with Gasteiger partial charge in [-0.05, 0) is 30.2 Å². The smallest absolute Gasteiger partial charge is 0.236 e. The molecular formula is C22H22ClN3O2S2. The van der Waals surface area contributed by atoms with Crippen LogP contribution < -0.4 is 10.6 Å². The number of thiazole rings is 1. The number of aromatic nitrogens is 1. The lowest BCUT2D eigenvalue weighted by Crippen LogP contribution is -2.23. The van der Waals surface area contributed by atoms with Crippen molar-refractivity contribution in [2.24, 2.45) is 0 Å². The van der Waals surface area contributed by atoms with Crippen LogP contribution in [0, 0.1) is 0 Å². The molecule has 0 saturated heterocycles. The van der Waals surface area contributed by atoms with Crippen LogP contribution >= 0.6 is 34.7 Å². The summed E-state index contributed by atoms with van der Waals surface area (Å²) in [6.45, 7) is 3.45. The lowest BCUT2D eigenvalue weighted by molar-refractivity contribution is -0.119. The number of anilines is 1. The highest BCUT2D eigenvalue weighted by atomic mass is 35.5. The first-order chi connectivity index (χ1) is 14.4. The standard InChI is InChI=1S/C22H22ClN3O2S2/c1-14(24-15(2)27)17-5-7-18(8-6-17)20-12-30-22(25-20)26-21(28)13-29-11-16-3-9-19(23)10-4-16/h3-10,12,14H,11,13H2,1-2H3,(H,24,27)(H,25,26,28). The fourth-order valence-corrected chi connectivity index (χ4v) is 4.44. The highest BCUT2D eigenvalue weighted by molar-refractivity contribution is 7.99. The van der Waals surface area contributed by atoms with E-state index in [0.717, 1.165) is 28.1 Å². The van der Waals surface area contributed by atoms with Crippen LogP contribution in [0.3, 0.4) is 0 Å². The molecule has 2 aromatic carbocycles. The molecule has 0 spiro atoms. The first-order valence-corrected chi connectivity index (χ1v) is 11.8. The summed E-state index contributed by atoms with van der Waals surface area (Å²) in [5, 5.41) is 8.93.